The molecular formula is C24H18N4O5. The summed E-state index contributed by atoms with van der Waals surface area (Å²) in [5.74, 6) is -0.257. The average Bonchev–Trinajstić information content (AvgIpc) is 3.14. The van der Waals surface area contributed by atoms with E-state index >= 15 is 0 Å². The van der Waals surface area contributed by atoms with Gasteiger partial charge in [-0.1, -0.05) is 30.3 Å². The second-order valence-corrected chi connectivity index (χ2v) is 6.97. The van der Waals surface area contributed by atoms with E-state index in [1.165, 1.54) is 29.2 Å². The largest absolute Gasteiger partial charge is 0.497 e. The molecule has 9 nitrogen and oxygen atoms in total. The van der Waals surface area contributed by atoms with E-state index in [0.29, 0.717) is 22.6 Å². The summed E-state index contributed by atoms with van der Waals surface area (Å²) < 4.78 is 5.15. The molecule has 0 aliphatic carbocycles. The molecule has 0 aromatic heterocycles. The summed E-state index contributed by atoms with van der Waals surface area (Å²) in [4.78, 5) is 41.9. The molecule has 0 bridgehead atoms. The minimum Gasteiger partial charge on any atom is -0.497 e. The normalized spacial score (nSPS) is 14.2. The molecule has 3 aromatic carbocycles. The Morgan fingerprint density at radius 2 is 1.70 bits per heavy atom. The number of guanidine groups is 1. The summed E-state index contributed by atoms with van der Waals surface area (Å²) in [7, 11) is 1.56. The summed E-state index contributed by atoms with van der Waals surface area (Å²) in [5, 5.41) is 13.7. The minimum atomic E-state index is -0.531. The lowest BCUT2D eigenvalue weighted by Crippen LogP contribution is -2.43. The number of nitrogens with one attached hydrogen (secondary N) is 1. The van der Waals surface area contributed by atoms with Gasteiger partial charge in [0.15, 0.2) is 0 Å². The highest BCUT2D eigenvalue weighted by Crippen LogP contribution is 2.27. The number of anilines is 1. The molecule has 4 rings (SSSR count). The number of benzene rings is 3. The Morgan fingerprint density at radius 1 is 1.03 bits per heavy atom. The first-order chi connectivity index (χ1) is 16.0. The fourth-order valence-corrected chi connectivity index (χ4v) is 3.18. The smallest absolute Gasteiger partial charge is 0.283 e. The van der Waals surface area contributed by atoms with Crippen LogP contribution in [0.2, 0.25) is 0 Å². The van der Waals surface area contributed by atoms with E-state index in [-0.39, 0.29) is 17.3 Å². The number of hydrogen-bond donors (Lipinski definition) is 1. The van der Waals surface area contributed by atoms with Gasteiger partial charge in [-0.25, -0.2) is 9.89 Å². The third kappa shape index (κ3) is 4.62. The lowest BCUT2D eigenvalue weighted by Gasteiger charge is -2.18. The van der Waals surface area contributed by atoms with Crippen LogP contribution >= 0.6 is 0 Å². The molecule has 0 fully saturated rings. The summed E-state index contributed by atoms with van der Waals surface area (Å²) in [6.07, 6.45) is 1.59. The number of amides is 2. The summed E-state index contributed by atoms with van der Waals surface area (Å²) in [6, 6.07) is 21.0. The molecule has 1 aliphatic rings. The van der Waals surface area contributed by atoms with Crippen LogP contribution in [0.5, 0.6) is 5.75 Å². The second-order valence-electron chi connectivity index (χ2n) is 6.97. The van der Waals surface area contributed by atoms with Crippen LogP contribution in [0, 0.1) is 10.1 Å². The number of hydrogen-bond acceptors (Lipinski definition) is 6. The molecule has 0 saturated heterocycles. The van der Waals surface area contributed by atoms with E-state index in [9.17, 15) is 19.7 Å². The third-order valence-electron chi connectivity index (χ3n) is 4.86. The molecule has 33 heavy (non-hydrogen) atoms. The highest BCUT2D eigenvalue weighted by atomic mass is 16.6. The predicted octanol–water partition coefficient (Wildman–Crippen LogP) is 3.78. The number of ether oxygens (including phenoxy) is 1. The Bertz CT molecular complexity index is 1270. The first kappa shape index (κ1) is 21.4. The number of methoxy groups -OCH3 is 1. The van der Waals surface area contributed by atoms with Gasteiger partial charge in [0.25, 0.3) is 17.5 Å². The molecule has 0 unspecified atom stereocenters. The van der Waals surface area contributed by atoms with Crippen LogP contribution in [-0.2, 0) is 4.79 Å². The Balaban J connectivity index is 1.70. The molecule has 0 atom stereocenters. The van der Waals surface area contributed by atoms with Gasteiger partial charge < -0.3 is 4.74 Å². The summed E-state index contributed by atoms with van der Waals surface area (Å²) >= 11 is 0. The van der Waals surface area contributed by atoms with Crippen molar-refractivity contribution < 1.29 is 19.2 Å². The van der Waals surface area contributed by atoms with Gasteiger partial charge in [0.05, 0.1) is 17.7 Å². The average molecular weight is 442 g/mol. The third-order valence-corrected chi connectivity index (χ3v) is 4.86. The zero-order valence-corrected chi connectivity index (χ0v) is 17.5. The number of carbonyl (C=O) groups excluding carboxylic acids is 2. The lowest BCUT2D eigenvalue weighted by atomic mass is 10.2. The number of nitrogens with zero attached hydrogens (tertiary/aromatic N) is 3. The van der Waals surface area contributed by atoms with Crippen molar-refractivity contribution in [2.45, 2.75) is 0 Å². The Labute approximate surface area is 188 Å². The quantitative estimate of drug-likeness (QED) is 0.367. The van der Waals surface area contributed by atoms with Crippen molar-refractivity contribution in [3.8, 4) is 5.75 Å². The molecule has 1 aliphatic heterocycles. The number of aliphatic imine (C=N–C) groups is 1. The van der Waals surface area contributed by atoms with Crippen LogP contribution in [0.3, 0.4) is 0 Å². The van der Waals surface area contributed by atoms with E-state index in [4.69, 9.17) is 4.74 Å². The van der Waals surface area contributed by atoms with Crippen LogP contribution in [0.15, 0.2) is 89.6 Å². The topological polar surface area (TPSA) is 114 Å². The molecule has 0 radical (unpaired) electrons. The monoisotopic (exact) mass is 442 g/mol. The van der Waals surface area contributed by atoms with E-state index in [0.717, 1.165) is 0 Å². The van der Waals surface area contributed by atoms with E-state index in [2.05, 4.69) is 10.3 Å². The van der Waals surface area contributed by atoms with Crippen molar-refractivity contribution in [2.75, 3.05) is 12.0 Å². The Kier molecular flexibility index (Phi) is 5.94. The van der Waals surface area contributed by atoms with Crippen molar-refractivity contribution >= 4 is 35.2 Å². The standard InChI is InChI=1S/C24H18N4O5/c1-33-20-13-7-16(8-14-20)15-21-23(30)27(18-9-11-19(12-10-18)28(31)32)24(25-21)26-22(29)17-5-3-2-4-6-17/h2-15H,1H3,(H,25,26,29)/b21-15-. The van der Waals surface area contributed by atoms with Crippen LogP contribution in [0.4, 0.5) is 11.4 Å². The van der Waals surface area contributed by atoms with Gasteiger partial charge >= 0.3 is 0 Å². The number of non-ortho nitro benzene ring substituents is 1. The van der Waals surface area contributed by atoms with E-state index < -0.39 is 16.7 Å². The first-order valence-corrected chi connectivity index (χ1v) is 9.86. The summed E-state index contributed by atoms with van der Waals surface area (Å²) in [5.41, 5.74) is 1.41. The molecule has 1 heterocycles. The van der Waals surface area contributed by atoms with Crippen molar-refractivity contribution in [3.05, 3.63) is 106 Å². The van der Waals surface area contributed by atoms with Crippen molar-refractivity contribution in [2.24, 2.45) is 4.99 Å². The molecule has 164 valence electrons. The van der Waals surface area contributed by atoms with Gasteiger partial charge in [-0.3, -0.25) is 25.0 Å². The maximum absolute atomic E-state index is 13.2. The molecule has 9 heteroatoms. The highest BCUT2D eigenvalue weighted by Gasteiger charge is 2.33. The van der Waals surface area contributed by atoms with Crippen LogP contribution in [0.1, 0.15) is 15.9 Å². The van der Waals surface area contributed by atoms with Crippen molar-refractivity contribution in [3.63, 3.8) is 0 Å². The van der Waals surface area contributed by atoms with Crippen LogP contribution < -0.4 is 15.0 Å². The zero-order chi connectivity index (χ0) is 23.4. The number of nitro groups is 1. The molecule has 0 saturated carbocycles. The van der Waals surface area contributed by atoms with Gasteiger partial charge in [-0.2, -0.15) is 0 Å². The van der Waals surface area contributed by atoms with Gasteiger partial charge in [0.2, 0.25) is 5.96 Å². The zero-order valence-electron chi connectivity index (χ0n) is 17.5. The maximum Gasteiger partial charge on any atom is 0.283 e. The SMILES string of the molecule is COc1ccc(/C=C2\N=C(NC(=O)c3ccccc3)N(c3ccc([N+](=O)[O-])cc3)C2=O)cc1. The van der Waals surface area contributed by atoms with Crippen LogP contribution in [0.25, 0.3) is 6.08 Å². The van der Waals surface area contributed by atoms with Crippen molar-refractivity contribution in [1.29, 1.82) is 0 Å². The van der Waals surface area contributed by atoms with Gasteiger partial charge in [-0.15, -0.1) is 0 Å². The van der Waals surface area contributed by atoms with E-state index in [1.54, 1.807) is 67.8 Å². The minimum absolute atomic E-state index is 0.00229. The maximum atomic E-state index is 13.2. The number of carbonyl (C=O) groups is 2. The summed E-state index contributed by atoms with van der Waals surface area (Å²) in [6.45, 7) is 0. The highest BCUT2D eigenvalue weighted by molar-refractivity contribution is 6.30. The number of nitro benzene ring substituents is 1. The predicted molar refractivity (Wildman–Crippen MR) is 123 cm³/mol. The Hall–Kier alpha value is -4.79. The number of rotatable bonds is 5. The molecule has 2 amide bonds. The molecular weight excluding hydrogens is 424 g/mol. The molecule has 0 spiro atoms. The second kappa shape index (κ2) is 9.15. The van der Waals surface area contributed by atoms with E-state index in [1.807, 2.05) is 0 Å². The van der Waals surface area contributed by atoms with Gasteiger partial charge in [0.1, 0.15) is 11.4 Å². The van der Waals surface area contributed by atoms with Crippen LogP contribution in [-0.4, -0.2) is 29.8 Å². The lowest BCUT2D eigenvalue weighted by molar-refractivity contribution is -0.384. The fourth-order valence-electron chi connectivity index (χ4n) is 3.18. The molecule has 3 aromatic rings. The molecule has 1 N–H and O–H groups in total. The fraction of sp³-hybridized carbons (Fsp3) is 0.0417. The Morgan fingerprint density at radius 3 is 2.30 bits per heavy atom. The van der Waals surface area contributed by atoms with Gasteiger partial charge in [-0.05, 0) is 48.0 Å². The van der Waals surface area contributed by atoms with Crippen molar-refractivity contribution in [1.82, 2.24) is 5.32 Å². The van der Waals surface area contributed by atoms with Gasteiger partial charge in [0, 0.05) is 17.7 Å². The first-order valence-electron chi connectivity index (χ1n) is 9.86.